The first-order valence-electron chi connectivity index (χ1n) is 29.4. The minimum Gasteiger partial charge on any atom is -0.387 e. The topological polar surface area (TPSA) is 105 Å². The lowest BCUT2D eigenvalue weighted by Gasteiger charge is -2.25. The van der Waals surface area contributed by atoms with Crippen molar-refractivity contribution in [1.29, 1.82) is 0 Å². The third-order valence-corrected chi connectivity index (χ3v) is 13.4. The normalized spacial score (nSPS) is 14.8. The summed E-state index contributed by atoms with van der Waals surface area (Å²) in [6.45, 7) is 4.68. The zero-order valence-corrected chi connectivity index (χ0v) is 48.5. The van der Waals surface area contributed by atoms with Crippen LogP contribution in [0.5, 0.6) is 0 Å². The van der Waals surface area contributed by atoms with Crippen molar-refractivity contribution in [3.63, 3.8) is 0 Å². The fourth-order valence-electron chi connectivity index (χ4n) is 7.86. The second kappa shape index (κ2) is 53.7. The average Bonchev–Trinajstić information content (AvgIpc) is 3.35. The van der Waals surface area contributed by atoms with Gasteiger partial charge in [0.1, 0.15) is 13.2 Å². The molecule has 0 aromatic carbocycles. The van der Waals surface area contributed by atoms with E-state index in [1.165, 1.54) is 109 Å². The number of rotatable bonds is 52. The monoisotopic (exact) mass is 1040 g/mol. The highest BCUT2D eigenvalue weighted by Crippen LogP contribution is 2.43. The van der Waals surface area contributed by atoms with E-state index in [1.54, 1.807) is 6.08 Å². The summed E-state index contributed by atoms with van der Waals surface area (Å²) < 4.78 is 23.6. The predicted octanol–water partition coefficient (Wildman–Crippen LogP) is 18.1. The van der Waals surface area contributed by atoms with Crippen LogP contribution < -0.4 is 5.32 Å². The van der Waals surface area contributed by atoms with Gasteiger partial charge in [0.05, 0.1) is 39.9 Å². The minimum atomic E-state index is -4.35. The SMILES string of the molecule is CC/C=C\C/C=C\C/C=C\C/C=C\C/C=C\C/C=C\C/C=C\C/C=C\C/C=C\CCCCCCCCCCCCCC(=O)NC(COP(=O)(O)OCC[N+](C)(C)C)C(O)/C=C/CCCCCCCCCCCC. The van der Waals surface area contributed by atoms with Crippen LogP contribution in [0.25, 0.3) is 0 Å². The molecule has 0 saturated heterocycles. The van der Waals surface area contributed by atoms with Crippen LogP contribution in [0.4, 0.5) is 0 Å². The second-order valence-electron chi connectivity index (χ2n) is 20.6. The number of hydrogen-bond donors (Lipinski definition) is 3. The lowest BCUT2D eigenvalue weighted by Crippen LogP contribution is -2.45. The number of carbonyl (C=O) groups is 1. The molecule has 8 nitrogen and oxygen atoms in total. The van der Waals surface area contributed by atoms with Gasteiger partial charge in [0.15, 0.2) is 0 Å². The van der Waals surface area contributed by atoms with Gasteiger partial charge in [0, 0.05) is 6.42 Å². The van der Waals surface area contributed by atoms with Crippen molar-refractivity contribution in [2.24, 2.45) is 0 Å². The Bertz CT molecular complexity index is 1600. The Balaban J connectivity index is 4.07. The molecule has 9 heteroatoms. The third-order valence-electron chi connectivity index (χ3n) is 12.4. The van der Waals surface area contributed by atoms with Crippen LogP contribution in [0, 0.1) is 0 Å². The minimum absolute atomic E-state index is 0.0560. The Morgan fingerprint density at radius 3 is 1.21 bits per heavy atom. The molecule has 3 atom stereocenters. The molecule has 3 unspecified atom stereocenters. The van der Waals surface area contributed by atoms with Gasteiger partial charge >= 0.3 is 7.82 Å². The van der Waals surface area contributed by atoms with Crippen molar-refractivity contribution in [3.8, 4) is 0 Å². The molecule has 0 aliphatic heterocycles. The Morgan fingerprint density at radius 2 is 0.822 bits per heavy atom. The van der Waals surface area contributed by atoms with Crippen LogP contribution in [0.2, 0.25) is 0 Å². The Morgan fingerprint density at radius 1 is 0.479 bits per heavy atom. The van der Waals surface area contributed by atoms with Gasteiger partial charge in [-0.3, -0.25) is 13.8 Å². The number of aliphatic hydroxyl groups is 1. The molecule has 0 saturated carbocycles. The number of phosphoric acid groups is 1. The van der Waals surface area contributed by atoms with Gasteiger partial charge in [-0.2, -0.15) is 0 Å². The smallest absolute Gasteiger partial charge is 0.387 e. The molecule has 0 aliphatic carbocycles. The van der Waals surface area contributed by atoms with Crippen molar-refractivity contribution >= 4 is 13.7 Å². The first-order valence-corrected chi connectivity index (χ1v) is 30.9. The molecule has 418 valence electrons. The van der Waals surface area contributed by atoms with E-state index in [4.69, 9.17) is 9.05 Å². The zero-order valence-electron chi connectivity index (χ0n) is 47.6. The molecule has 1 amide bonds. The molecule has 0 aliphatic rings. The summed E-state index contributed by atoms with van der Waals surface area (Å²) in [5.74, 6) is -0.186. The lowest BCUT2D eigenvalue weighted by molar-refractivity contribution is -0.870. The van der Waals surface area contributed by atoms with Gasteiger partial charge < -0.3 is 19.8 Å². The highest BCUT2D eigenvalue weighted by molar-refractivity contribution is 7.47. The number of allylic oxidation sites excluding steroid dienone is 19. The molecule has 0 rings (SSSR count). The van der Waals surface area contributed by atoms with Crippen LogP contribution in [0.1, 0.15) is 226 Å². The van der Waals surface area contributed by atoms with E-state index < -0.39 is 20.0 Å². The highest BCUT2D eigenvalue weighted by atomic mass is 31.2. The molecular weight excluding hydrogens is 924 g/mol. The molecule has 0 aromatic heterocycles. The van der Waals surface area contributed by atoms with Crippen molar-refractivity contribution < 1.29 is 32.9 Å². The number of likely N-dealkylation sites (N-methyl/N-ethyl adjacent to an activating group) is 1. The van der Waals surface area contributed by atoms with E-state index >= 15 is 0 Å². The van der Waals surface area contributed by atoms with E-state index in [2.05, 4.69) is 129 Å². The summed E-state index contributed by atoms with van der Waals surface area (Å²) in [6, 6.07) is -0.854. The van der Waals surface area contributed by atoms with Gasteiger partial charge in [-0.05, 0) is 89.9 Å². The number of amides is 1. The number of quaternary nitrogens is 1. The van der Waals surface area contributed by atoms with Gasteiger partial charge in [-0.1, -0.05) is 251 Å². The quantitative estimate of drug-likeness (QED) is 0.0243. The largest absolute Gasteiger partial charge is 0.472 e. The maximum absolute atomic E-state index is 12.9. The van der Waals surface area contributed by atoms with Crippen LogP contribution >= 0.6 is 7.82 Å². The van der Waals surface area contributed by atoms with E-state index in [9.17, 15) is 19.4 Å². The summed E-state index contributed by atoms with van der Waals surface area (Å²) >= 11 is 0. The molecule has 0 heterocycles. The van der Waals surface area contributed by atoms with Gasteiger partial charge in [-0.25, -0.2) is 4.57 Å². The first-order chi connectivity index (χ1) is 35.5. The first kappa shape index (κ1) is 69.9. The van der Waals surface area contributed by atoms with Crippen molar-refractivity contribution in [2.75, 3.05) is 40.9 Å². The highest BCUT2D eigenvalue weighted by Gasteiger charge is 2.27. The molecule has 0 aromatic rings. The number of unbranched alkanes of at least 4 members (excludes halogenated alkanes) is 21. The fraction of sp³-hybridized carbons (Fsp3) is 0.672. The molecule has 73 heavy (non-hydrogen) atoms. The van der Waals surface area contributed by atoms with E-state index in [-0.39, 0.29) is 19.1 Å². The van der Waals surface area contributed by atoms with Crippen LogP contribution in [-0.4, -0.2) is 73.4 Å². The molecular formula is C64H112N2O6P+. The molecule has 0 radical (unpaired) electrons. The van der Waals surface area contributed by atoms with Crippen molar-refractivity contribution in [1.82, 2.24) is 5.32 Å². The van der Waals surface area contributed by atoms with Crippen molar-refractivity contribution in [3.05, 3.63) is 122 Å². The zero-order chi connectivity index (χ0) is 53.5. The van der Waals surface area contributed by atoms with E-state index in [0.29, 0.717) is 17.4 Å². The number of phosphoric ester groups is 1. The summed E-state index contributed by atoms with van der Waals surface area (Å²) in [7, 11) is 1.56. The molecule has 0 bridgehead atoms. The van der Waals surface area contributed by atoms with Gasteiger partial charge in [-0.15, -0.1) is 0 Å². The lowest BCUT2D eigenvalue weighted by atomic mass is 10.0. The van der Waals surface area contributed by atoms with Crippen LogP contribution in [0.15, 0.2) is 122 Å². The fourth-order valence-corrected chi connectivity index (χ4v) is 8.59. The number of hydrogen-bond acceptors (Lipinski definition) is 5. The number of carbonyl (C=O) groups excluding carboxylic acids is 1. The van der Waals surface area contributed by atoms with E-state index in [1.807, 2.05) is 27.2 Å². The summed E-state index contributed by atoms with van der Waals surface area (Å²) in [5, 5.41) is 13.9. The van der Waals surface area contributed by atoms with Gasteiger partial charge in [0.25, 0.3) is 0 Å². The summed E-state index contributed by atoms with van der Waals surface area (Å²) in [4.78, 5) is 23.2. The van der Waals surface area contributed by atoms with Crippen molar-refractivity contribution in [2.45, 2.75) is 238 Å². The van der Waals surface area contributed by atoms with Crippen LogP contribution in [-0.2, 0) is 18.4 Å². The second-order valence-corrected chi connectivity index (χ2v) is 22.1. The standard InChI is InChI=1S/C64H111N2O6P/c1-6-8-10-12-14-16-18-20-21-22-23-24-25-26-27-28-29-30-31-32-33-34-35-36-37-38-39-40-41-42-43-44-45-46-48-50-52-54-56-58-64(68)65-62(61-72-73(69,70)71-60-59-66(3,4)5)63(67)57-55-53-51-49-47-19-17-15-13-11-9-7-2/h8,10,14,16,20-21,23-24,26-27,29-30,32-33,35-36,38-39,55,57,62-63,67H,6-7,9,11-13,15,17-19,22,25,28,31,34,37,40-54,56,58-61H2,1-5H3,(H-,65,68,69,70)/p+1/b10-8-,16-14-,21-20-,24-23-,27-26-,30-29-,33-32-,36-35-,39-38-,57-55+. The van der Waals surface area contributed by atoms with Crippen LogP contribution in [0.3, 0.4) is 0 Å². The number of nitrogens with one attached hydrogen (secondary N) is 1. The summed E-state index contributed by atoms with van der Waals surface area (Å²) in [5.41, 5.74) is 0. The molecule has 3 N–H and O–H groups in total. The Labute approximate surface area is 450 Å². The Hall–Kier alpha value is -3.10. The Kier molecular flexibility index (Phi) is 51.4. The third kappa shape index (κ3) is 56.5. The van der Waals surface area contributed by atoms with E-state index in [0.717, 1.165) is 96.3 Å². The predicted molar refractivity (Wildman–Crippen MR) is 318 cm³/mol. The summed E-state index contributed by atoms with van der Waals surface area (Å²) in [6.07, 6.45) is 80.2. The maximum atomic E-state index is 12.9. The number of nitrogens with zero attached hydrogens (tertiary/aromatic N) is 1. The number of aliphatic hydroxyl groups excluding tert-OH is 1. The molecule has 0 spiro atoms. The molecule has 0 fully saturated rings. The average molecular weight is 1040 g/mol. The maximum Gasteiger partial charge on any atom is 0.472 e. The van der Waals surface area contributed by atoms with Gasteiger partial charge in [0.2, 0.25) is 5.91 Å².